The summed E-state index contributed by atoms with van der Waals surface area (Å²) >= 11 is 5.25. The Morgan fingerprint density at radius 1 is 1.50 bits per heavy atom. The molecule has 2 rings (SSSR count). The summed E-state index contributed by atoms with van der Waals surface area (Å²) in [4.78, 5) is 1.32. The number of halogens is 1. The molecular weight excluding hydrogens is 236 g/mol. The van der Waals surface area contributed by atoms with Gasteiger partial charge in [-0.15, -0.1) is 11.3 Å². The van der Waals surface area contributed by atoms with Gasteiger partial charge in [-0.2, -0.15) is 0 Å². The van der Waals surface area contributed by atoms with Gasteiger partial charge in [0.05, 0.1) is 6.10 Å². The predicted molar refractivity (Wildman–Crippen MR) is 54.6 cm³/mol. The fourth-order valence-corrected chi connectivity index (χ4v) is 3.68. The number of hydrogen-bond donors (Lipinski definition) is 1. The maximum absolute atomic E-state index is 9.67. The van der Waals surface area contributed by atoms with Gasteiger partial charge in [-0.05, 0) is 40.2 Å². The molecule has 0 bridgehead atoms. The number of aliphatic hydroxyl groups excluding tert-OH is 1. The highest BCUT2D eigenvalue weighted by Gasteiger charge is 2.28. The van der Waals surface area contributed by atoms with Crippen LogP contribution in [-0.4, -0.2) is 11.2 Å². The van der Waals surface area contributed by atoms with Gasteiger partial charge in [0.15, 0.2) is 0 Å². The Balaban J connectivity index is 2.24. The SMILES string of the molecule is OC1CCCC1c1sccc1Br. The Morgan fingerprint density at radius 2 is 2.33 bits per heavy atom. The molecule has 1 heterocycles. The summed E-state index contributed by atoms with van der Waals surface area (Å²) in [6.07, 6.45) is 3.16. The molecule has 1 aromatic rings. The average Bonchev–Trinajstić information content (AvgIpc) is 2.59. The van der Waals surface area contributed by atoms with E-state index in [0.29, 0.717) is 5.92 Å². The lowest BCUT2D eigenvalue weighted by Gasteiger charge is -2.12. The van der Waals surface area contributed by atoms with Crippen molar-refractivity contribution in [1.29, 1.82) is 0 Å². The highest BCUT2D eigenvalue weighted by molar-refractivity contribution is 9.10. The third kappa shape index (κ3) is 1.45. The first-order chi connectivity index (χ1) is 5.79. The summed E-state index contributed by atoms with van der Waals surface area (Å²) in [7, 11) is 0. The van der Waals surface area contributed by atoms with Crippen LogP contribution in [0, 0.1) is 0 Å². The largest absolute Gasteiger partial charge is 0.392 e. The normalized spacial score (nSPS) is 29.5. The molecule has 1 saturated carbocycles. The van der Waals surface area contributed by atoms with Crippen molar-refractivity contribution in [3.63, 3.8) is 0 Å². The second kappa shape index (κ2) is 3.48. The lowest BCUT2D eigenvalue weighted by atomic mass is 10.0. The highest BCUT2D eigenvalue weighted by atomic mass is 79.9. The molecule has 0 aliphatic heterocycles. The van der Waals surface area contributed by atoms with Crippen molar-refractivity contribution in [2.24, 2.45) is 0 Å². The van der Waals surface area contributed by atoms with Gasteiger partial charge in [-0.1, -0.05) is 6.42 Å². The van der Waals surface area contributed by atoms with Crippen molar-refractivity contribution >= 4 is 27.3 Å². The molecule has 1 aliphatic rings. The minimum absolute atomic E-state index is 0.111. The number of hydrogen-bond acceptors (Lipinski definition) is 2. The Hall–Kier alpha value is 0.140. The summed E-state index contributed by atoms with van der Waals surface area (Å²) in [6, 6.07) is 2.06. The quantitative estimate of drug-likeness (QED) is 0.808. The van der Waals surface area contributed by atoms with Gasteiger partial charge in [0.25, 0.3) is 0 Å². The van der Waals surface area contributed by atoms with E-state index in [0.717, 1.165) is 19.3 Å². The highest BCUT2D eigenvalue weighted by Crippen LogP contribution is 2.40. The molecule has 0 saturated heterocycles. The first-order valence-electron chi connectivity index (χ1n) is 4.20. The van der Waals surface area contributed by atoms with Crippen LogP contribution < -0.4 is 0 Å². The smallest absolute Gasteiger partial charge is 0.0617 e. The molecule has 0 aromatic carbocycles. The fourth-order valence-electron chi connectivity index (χ4n) is 1.82. The summed E-state index contributed by atoms with van der Waals surface area (Å²) < 4.78 is 1.17. The zero-order chi connectivity index (χ0) is 8.55. The molecule has 2 unspecified atom stereocenters. The van der Waals surface area contributed by atoms with E-state index in [-0.39, 0.29) is 6.10 Å². The van der Waals surface area contributed by atoms with E-state index in [9.17, 15) is 5.11 Å². The Bertz CT molecular complexity index is 271. The maximum Gasteiger partial charge on any atom is 0.0617 e. The summed E-state index contributed by atoms with van der Waals surface area (Å²) in [5, 5.41) is 11.7. The summed E-state index contributed by atoms with van der Waals surface area (Å²) in [6.45, 7) is 0. The van der Waals surface area contributed by atoms with Crippen LogP contribution >= 0.6 is 27.3 Å². The molecule has 1 fully saturated rings. The van der Waals surface area contributed by atoms with Crippen molar-refractivity contribution in [2.45, 2.75) is 31.3 Å². The molecule has 1 aliphatic carbocycles. The maximum atomic E-state index is 9.67. The molecule has 66 valence electrons. The van der Waals surface area contributed by atoms with Gasteiger partial charge >= 0.3 is 0 Å². The average molecular weight is 247 g/mol. The van der Waals surface area contributed by atoms with Gasteiger partial charge in [0.2, 0.25) is 0 Å². The van der Waals surface area contributed by atoms with Gasteiger partial charge in [-0.3, -0.25) is 0 Å². The third-order valence-corrected chi connectivity index (χ3v) is 4.46. The van der Waals surface area contributed by atoms with Crippen LogP contribution in [-0.2, 0) is 0 Å². The van der Waals surface area contributed by atoms with Crippen LogP contribution in [0.4, 0.5) is 0 Å². The van der Waals surface area contributed by atoms with E-state index in [4.69, 9.17) is 0 Å². The first-order valence-corrected chi connectivity index (χ1v) is 5.87. The number of thiophene rings is 1. The van der Waals surface area contributed by atoms with Crippen LogP contribution in [0.1, 0.15) is 30.1 Å². The van der Waals surface area contributed by atoms with Crippen molar-refractivity contribution in [3.05, 3.63) is 20.8 Å². The number of aliphatic hydroxyl groups is 1. The molecule has 1 nitrogen and oxygen atoms in total. The van der Waals surface area contributed by atoms with Crippen LogP contribution in [0.25, 0.3) is 0 Å². The minimum atomic E-state index is -0.111. The second-order valence-corrected chi connectivity index (χ2v) is 5.04. The van der Waals surface area contributed by atoms with Crippen LogP contribution in [0.15, 0.2) is 15.9 Å². The Kier molecular flexibility index (Phi) is 2.53. The van der Waals surface area contributed by atoms with Gasteiger partial charge in [-0.25, -0.2) is 0 Å². The van der Waals surface area contributed by atoms with E-state index in [2.05, 4.69) is 27.4 Å². The van der Waals surface area contributed by atoms with Crippen LogP contribution in [0.5, 0.6) is 0 Å². The fraction of sp³-hybridized carbons (Fsp3) is 0.556. The van der Waals surface area contributed by atoms with Crippen molar-refractivity contribution < 1.29 is 5.11 Å². The molecule has 1 aromatic heterocycles. The second-order valence-electron chi connectivity index (χ2n) is 3.24. The summed E-state index contributed by atoms with van der Waals surface area (Å²) in [5.41, 5.74) is 0. The third-order valence-electron chi connectivity index (χ3n) is 2.46. The predicted octanol–water partition coefficient (Wildman–Crippen LogP) is 3.14. The standard InChI is InChI=1S/C9H11BrOS/c10-7-4-5-12-9(7)6-2-1-3-8(6)11/h4-6,8,11H,1-3H2. The van der Waals surface area contributed by atoms with Crippen molar-refractivity contribution in [1.82, 2.24) is 0 Å². The Morgan fingerprint density at radius 3 is 2.83 bits per heavy atom. The van der Waals surface area contributed by atoms with Crippen LogP contribution in [0.3, 0.4) is 0 Å². The lowest BCUT2D eigenvalue weighted by molar-refractivity contribution is 0.165. The molecule has 1 N–H and O–H groups in total. The minimum Gasteiger partial charge on any atom is -0.392 e. The molecule has 2 atom stereocenters. The molecular formula is C9H11BrOS. The molecule has 0 radical (unpaired) electrons. The Labute approximate surface area is 84.6 Å². The first kappa shape index (κ1) is 8.73. The van der Waals surface area contributed by atoms with Crippen molar-refractivity contribution in [3.8, 4) is 0 Å². The zero-order valence-corrected chi connectivity index (χ0v) is 9.07. The molecule has 12 heavy (non-hydrogen) atoms. The van der Waals surface area contributed by atoms with E-state index in [1.807, 2.05) is 0 Å². The monoisotopic (exact) mass is 246 g/mol. The van der Waals surface area contributed by atoms with Crippen molar-refractivity contribution in [2.75, 3.05) is 0 Å². The molecule has 0 spiro atoms. The van der Waals surface area contributed by atoms with E-state index >= 15 is 0 Å². The van der Waals surface area contributed by atoms with Gasteiger partial charge < -0.3 is 5.11 Å². The molecule has 3 heteroatoms. The number of rotatable bonds is 1. The van der Waals surface area contributed by atoms with E-state index < -0.39 is 0 Å². The zero-order valence-electron chi connectivity index (χ0n) is 6.66. The molecule has 0 amide bonds. The van der Waals surface area contributed by atoms with Gasteiger partial charge in [0.1, 0.15) is 0 Å². The van der Waals surface area contributed by atoms with E-state index in [1.165, 1.54) is 9.35 Å². The lowest BCUT2D eigenvalue weighted by Crippen LogP contribution is -2.09. The summed E-state index contributed by atoms with van der Waals surface area (Å²) in [5.74, 6) is 0.388. The van der Waals surface area contributed by atoms with Crippen LogP contribution in [0.2, 0.25) is 0 Å². The van der Waals surface area contributed by atoms with E-state index in [1.54, 1.807) is 11.3 Å². The van der Waals surface area contributed by atoms with Gasteiger partial charge in [0, 0.05) is 15.3 Å². The topological polar surface area (TPSA) is 20.2 Å².